The zero-order chi connectivity index (χ0) is 13.4. The Bertz CT molecular complexity index is 430. The Hall–Kier alpha value is -1.23. The monoisotopic (exact) mass is 260 g/mol. The van der Waals surface area contributed by atoms with Crippen LogP contribution < -0.4 is 4.74 Å². The second-order valence-corrected chi connectivity index (χ2v) is 4.92. The average Bonchev–Trinajstić information content (AvgIpc) is 2.58. The predicted molar refractivity (Wildman–Crippen MR) is 60.0 cm³/mol. The molecule has 1 N–H and O–H groups in total. The number of halogens is 3. The molecular formula is C13H15F3O2. The lowest BCUT2D eigenvalue weighted by Gasteiger charge is -2.26. The Morgan fingerprint density at radius 2 is 2.00 bits per heavy atom. The molecule has 0 aliphatic heterocycles. The molecule has 0 spiro atoms. The van der Waals surface area contributed by atoms with Gasteiger partial charge in [-0.1, -0.05) is 25.1 Å². The van der Waals surface area contributed by atoms with E-state index in [0.717, 1.165) is 6.42 Å². The second-order valence-electron chi connectivity index (χ2n) is 4.92. The molecule has 0 saturated heterocycles. The summed E-state index contributed by atoms with van der Waals surface area (Å²) in [6, 6.07) is 5.81. The zero-order valence-electron chi connectivity index (χ0n) is 10.00. The minimum atomic E-state index is -4.74. The smallest absolute Gasteiger partial charge is 0.405 e. The molecule has 1 saturated carbocycles. The second kappa shape index (κ2) is 4.46. The summed E-state index contributed by atoms with van der Waals surface area (Å²) >= 11 is 0. The number of alkyl halides is 3. The van der Waals surface area contributed by atoms with Crippen LogP contribution in [0.1, 0.15) is 31.7 Å². The molecule has 0 radical (unpaired) electrons. The number of benzene rings is 1. The first-order valence-corrected chi connectivity index (χ1v) is 5.88. The fourth-order valence-electron chi connectivity index (χ4n) is 2.58. The number of hydrogen-bond acceptors (Lipinski definition) is 2. The molecule has 1 aliphatic carbocycles. The summed E-state index contributed by atoms with van der Waals surface area (Å²) in [5, 5.41) is 10.5. The van der Waals surface area contributed by atoms with E-state index in [-0.39, 0.29) is 11.3 Å². The van der Waals surface area contributed by atoms with Crippen molar-refractivity contribution in [2.24, 2.45) is 5.92 Å². The average molecular weight is 260 g/mol. The maximum absolute atomic E-state index is 12.3. The molecule has 18 heavy (non-hydrogen) atoms. The quantitative estimate of drug-likeness (QED) is 0.880. The van der Waals surface area contributed by atoms with Gasteiger partial charge in [0.2, 0.25) is 0 Å². The standard InChI is InChI=1S/C13H15F3O2/c1-9-6-7-12(17,8-9)10-4-2-3-5-11(10)18-13(14,15)16/h2-5,9,17H,6-8H2,1H3. The van der Waals surface area contributed by atoms with Crippen molar-refractivity contribution >= 4 is 0 Å². The lowest BCUT2D eigenvalue weighted by molar-refractivity contribution is -0.275. The Morgan fingerprint density at radius 1 is 1.33 bits per heavy atom. The third-order valence-electron chi connectivity index (χ3n) is 3.35. The minimum Gasteiger partial charge on any atom is -0.405 e. The Balaban J connectivity index is 2.33. The van der Waals surface area contributed by atoms with E-state index in [9.17, 15) is 18.3 Å². The minimum absolute atomic E-state index is 0.228. The topological polar surface area (TPSA) is 29.5 Å². The Kier molecular flexibility index (Phi) is 3.27. The lowest BCUT2D eigenvalue weighted by Crippen LogP contribution is -2.25. The zero-order valence-corrected chi connectivity index (χ0v) is 10.00. The molecule has 100 valence electrons. The van der Waals surface area contributed by atoms with Crippen LogP contribution in [0.2, 0.25) is 0 Å². The molecule has 0 bridgehead atoms. The van der Waals surface area contributed by atoms with Crippen LogP contribution in [0, 0.1) is 5.92 Å². The van der Waals surface area contributed by atoms with E-state index in [1.165, 1.54) is 18.2 Å². The number of rotatable bonds is 2. The maximum atomic E-state index is 12.3. The fourth-order valence-corrected chi connectivity index (χ4v) is 2.58. The molecule has 5 heteroatoms. The van der Waals surface area contributed by atoms with E-state index in [2.05, 4.69) is 4.74 Å². The van der Waals surface area contributed by atoms with Gasteiger partial charge in [-0.05, 0) is 31.2 Å². The van der Waals surface area contributed by atoms with Crippen LogP contribution in [0.3, 0.4) is 0 Å². The summed E-state index contributed by atoms with van der Waals surface area (Å²) in [5.41, 5.74) is -0.979. The van der Waals surface area contributed by atoms with Crippen molar-refractivity contribution in [1.82, 2.24) is 0 Å². The number of ether oxygens (including phenoxy) is 1. The molecule has 0 heterocycles. The lowest BCUT2D eigenvalue weighted by atomic mass is 9.90. The van der Waals surface area contributed by atoms with Gasteiger partial charge in [0.25, 0.3) is 0 Å². The van der Waals surface area contributed by atoms with Gasteiger partial charge < -0.3 is 9.84 Å². The summed E-state index contributed by atoms with van der Waals surface area (Å²) in [5.74, 6) is -0.00413. The third-order valence-corrected chi connectivity index (χ3v) is 3.35. The molecule has 2 rings (SSSR count). The highest BCUT2D eigenvalue weighted by Crippen LogP contribution is 2.45. The molecule has 1 fully saturated rings. The normalized spacial score (nSPS) is 28.4. The summed E-state index contributed by atoms with van der Waals surface area (Å²) in [4.78, 5) is 0. The first kappa shape index (κ1) is 13.2. The van der Waals surface area contributed by atoms with E-state index >= 15 is 0 Å². The Labute approximate surface area is 103 Å². The summed E-state index contributed by atoms with van der Waals surface area (Å²) in [6.07, 6.45) is -3.01. The van der Waals surface area contributed by atoms with E-state index < -0.39 is 12.0 Å². The van der Waals surface area contributed by atoms with Gasteiger partial charge in [-0.15, -0.1) is 13.2 Å². The van der Waals surface area contributed by atoms with Crippen molar-refractivity contribution in [2.75, 3.05) is 0 Å². The molecular weight excluding hydrogens is 245 g/mol. The molecule has 1 aliphatic rings. The molecule has 2 atom stereocenters. The summed E-state index contributed by atoms with van der Waals surface area (Å²) in [6.45, 7) is 1.98. The van der Waals surface area contributed by atoms with Crippen LogP contribution in [0.4, 0.5) is 13.2 Å². The van der Waals surface area contributed by atoms with Crippen molar-refractivity contribution in [3.63, 3.8) is 0 Å². The number of para-hydroxylation sites is 1. The highest BCUT2D eigenvalue weighted by atomic mass is 19.4. The van der Waals surface area contributed by atoms with Crippen LogP contribution in [-0.2, 0) is 5.60 Å². The van der Waals surface area contributed by atoms with E-state index in [1.807, 2.05) is 6.92 Å². The maximum Gasteiger partial charge on any atom is 0.573 e. The van der Waals surface area contributed by atoms with Gasteiger partial charge in [-0.2, -0.15) is 0 Å². The van der Waals surface area contributed by atoms with Crippen LogP contribution >= 0.6 is 0 Å². The molecule has 1 aromatic rings. The van der Waals surface area contributed by atoms with E-state index in [4.69, 9.17) is 0 Å². The van der Waals surface area contributed by atoms with Crippen molar-refractivity contribution in [1.29, 1.82) is 0 Å². The highest BCUT2D eigenvalue weighted by molar-refractivity contribution is 5.38. The molecule has 2 nitrogen and oxygen atoms in total. The van der Waals surface area contributed by atoms with Gasteiger partial charge in [0.05, 0.1) is 5.60 Å². The molecule has 0 amide bonds. The SMILES string of the molecule is CC1CCC(O)(c2ccccc2OC(F)(F)F)C1. The largest absolute Gasteiger partial charge is 0.573 e. The van der Waals surface area contributed by atoms with Gasteiger partial charge in [0.15, 0.2) is 0 Å². The third kappa shape index (κ3) is 2.77. The van der Waals surface area contributed by atoms with E-state index in [0.29, 0.717) is 18.8 Å². The highest BCUT2D eigenvalue weighted by Gasteiger charge is 2.41. The molecule has 1 aromatic carbocycles. The van der Waals surface area contributed by atoms with Gasteiger partial charge in [-0.25, -0.2) is 0 Å². The van der Waals surface area contributed by atoms with Crippen molar-refractivity contribution < 1.29 is 23.0 Å². The van der Waals surface area contributed by atoms with Gasteiger partial charge in [0.1, 0.15) is 5.75 Å². The van der Waals surface area contributed by atoms with Gasteiger partial charge >= 0.3 is 6.36 Å². The van der Waals surface area contributed by atoms with Crippen LogP contribution in [0.5, 0.6) is 5.75 Å². The van der Waals surface area contributed by atoms with Crippen molar-refractivity contribution in [3.8, 4) is 5.75 Å². The first-order chi connectivity index (χ1) is 8.30. The van der Waals surface area contributed by atoms with Crippen molar-refractivity contribution in [2.45, 2.75) is 38.1 Å². The summed E-state index contributed by atoms with van der Waals surface area (Å²) < 4.78 is 40.9. The van der Waals surface area contributed by atoms with Crippen LogP contribution in [0.15, 0.2) is 24.3 Å². The van der Waals surface area contributed by atoms with Crippen LogP contribution in [-0.4, -0.2) is 11.5 Å². The number of aliphatic hydroxyl groups is 1. The Morgan fingerprint density at radius 3 is 2.56 bits per heavy atom. The van der Waals surface area contributed by atoms with Crippen LogP contribution in [0.25, 0.3) is 0 Å². The van der Waals surface area contributed by atoms with Gasteiger partial charge in [0, 0.05) is 5.56 Å². The predicted octanol–water partition coefficient (Wildman–Crippen LogP) is 3.59. The molecule has 2 unspecified atom stereocenters. The molecule has 0 aromatic heterocycles. The van der Waals surface area contributed by atoms with E-state index in [1.54, 1.807) is 6.07 Å². The number of hydrogen-bond donors (Lipinski definition) is 1. The van der Waals surface area contributed by atoms with Gasteiger partial charge in [-0.3, -0.25) is 0 Å². The fraction of sp³-hybridized carbons (Fsp3) is 0.538. The summed E-state index contributed by atoms with van der Waals surface area (Å²) in [7, 11) is 0. The van der Waals surface area contributed by atoms with Crippen molar-refractivity contribution in [3.05, 3.63) is 29.8 Å². The first-order valence-electron chi connectivity index (χ1n) is 5.88.